The predicted octanol–water partition coefficient (Wildman–Crippen LogP) is 2.68. The van der Waals surface area contributed by atoms with Gasteiger partial charge in [-0.2, -0.15) is 0 Å². The number of nitrogens with one attached hydrogen (secondary N) is 1. The number of halogens is 1. The Morgan fingerprint density at radius 1 is 1.30 bits per heavy atom. The van der Waals surface area contributed by atoms with Crippen molar-refractivity contribution in [1.29, 1.82) is 0 Å². The van der Waals surface area contributed by atoms with E-state index in [0.29, 0.717) is 0 Å². The summed E-state index contributed by atoms with van der Waals surface area (Å²) in [5, 5.41) is 3.40. The number of benzene rings is 1. The summed E-state index contributed by atoms with van der Waals surface area (Å²) in [6.45, 7) is 5.29. The van der Waals surface area contributed by atoms with Gasteiger partial charge in [0.2, 0.25) is 0 Å². The summed E-state index contributed by atoms with van der Waals surface area (Å²) < 4.78 is 12.8. The highest BCUT2D eigenvalue weighted by Gasteiger charge is 2.18. The van der Waals surface area contributed by atoms with Crippen molar-refractivity contribution in [3.63, 3.8) is 0 Å². The Hall–Kier alpha value is -1.58. The summed E-state index contributed by atoms with van der Waals surface area (Å²) >= 11 is 0. The first-order valence-corrected chi connectivity index (χ1v) is 7.39. The fraction of sp³-hybridized carbons (Fsp3) is 0.562. The molecule has 1 aromatic carbocycles. The molecule has 1 aliphatic rings. The van der Waals surface area contributed by atoms with Gasteiger partial charge in [0.1, 0.15) is 5.82 Å². The summed E-state index contributed by atoms with van der Waals surface area (Å²) in [6, 6.07) is 6.69. The van der Waals surface area contributed by atoms with Crippen molar-refractivity contribution >= 4 is 5.96 Å². The maximum absolute atomic E-state index is 12.8. The van der Waals surface area contributed by atoms with Crippen molar-refractivity contribution in [3.05, 3.63) is 35.6 Å². The molecule has 0 atom stereocenters. The van der Waals surface area contributed by atoms with Gasteiger partial charge in [0.25, 0.3) is 0 Å². The van der Waals surface area contributed by atoms with Crippen LogP contribution in [-0.4, -0.2) is 37.5 Å². The second kappa shape index (κ2) is 7.27. The van der Waals surface area contributed by atoms with E-state index in [1.165, 1.54) is 25.0 Å². The molecule has 0 saturated carbocycles. The first-order chi connectivity index (χ1) is 9.69. The second-order valence-corrected chi connectivity index (χ2v) is 5.52. The van der Waals surface area contributed by atoms with Crippen molar-refractivity contribution in [1.82, 2.24) is 10.2 Å². The number of aliphatic imine (C=N–C) groups is 1. The van der Waals surface area contributed by atoms with Crippen LogP contribution >= 0.6 is 0 Å². The highest BCUT2D eigenvalue weighted by molar-refractivity contribution is 5.79. The van der Waals surface area contributed by atoms with E-state index in [9.17, 15) is 4.39 Å². The van der Waals surface area contributed by atoms with E-state index < -0.39 is 0 Å². The number of nitrogens with zero attached hydrogens (tertiary/aromatic N) is 2. The van der Waals surface area contributed by atoms with Crippen LogP contribution in [-0.2, 0) is 6.42 Å². The van der Waals surface area contributed by atoms with E-state index >= 15 is 0 Å². The maximum Gasteiger partial charge on any atom is 0.193 e. The van der Waals surface area contributed by atoms with Crippen LogP contribution in [0, 0.1) is 11.7 Å². The molecule has 1 saturated heterocycles. The molecule has 0 aromatic heterocycles. The number of likely N-dealkylation sites (tertiary alicyclic amines) is 1. The first kappa shape index (κ1) is 14.8. The zero-order chi connectivity index (χ0) is 14.4. The Morgan fingerprint density at radius 3 is 2.55 bits per heavy atom. The zero-order valence-electron chi connectivity index (χ0n) is 12.4. The Morgan fingerprint density at radius 2 is 1.95 bits per heavy atom. The monoisotopic (exact) mass is 277 g/mol. The van der Waals surface area contributed by atoms with Crippen molar-refractivity contribution in [2.24, 2.45) is 10.9 Å². The van der Waals surface area contributed by atoms with Gasteiger partial charge in [0.05, 0.1) is 0 Å². The third-order valence-electron chi connectivity index (χ3n) is 3.91. The van der Waals surface area contributed by atoms with E-state index in [4.69, 9.17) is 0 Å². The maximum atomic E-state index is 12.8. The third kappa shape index (κ3) is 4.22. The number of piperidine rings is 1. The van der Waals surface area contributed by atoms with Crippen LogP contribution in [0.4, 0.5) is 4.39 Å². The Bertz CT molecular complexity index is 434. The van der Waals surface area contributed by atoms with Gasteiger partial charge in [-0.05, 0) is 42.9 Å². The largest absolute Gasteiger partial charge is 0.356 e. The summed E-state index contributed by atoms with van der Waals surface area (Å²) in [5.74, 6) is 1.63. The Labute approximate surface area is 120 Å². The van der Waals surface area contributed by atoms with Gasteiger partial charge >= 0.3 is 0 Å². The molecule has 1 aromatic rings. The fourth-order valence-corrected chi connectivity index (χ4v) is 2.52. The average Bonchev–Trinajstić information content (AvgIpc) is 2.47. The lowest BCUT2D eigenvalue weighted by Crippen LogP contribution is -2.45. The van der Waals surface area contributed by atoms with Gasteiger partial charge in [-0.25, -0.2) is 4.39 Å². The SMILES string of the molecule is CN=C(NCCc1ccc(F)cc1)N1CCC(C)CC1. The fourth-order valence-electron chi connectivity index (χ4n) is 2.52. The number of hydrogen-bond acceptors (Lipinski definition) is 1. The van der Waals surface area contributed by atoms with Gasteiger partial charge in [-0.1, -0.05) is 19.1 Å². The minimum atomic E-state index is -0.181. The molecule has 0 amide bonds. The molecule has 110 valence electrons. The predicted molar refractivity (Wildman–Crippen MR) is 81.4 cm³/mol. The standard InChI is InChI=1S/C16H24FN3/c1-13-8-11-20(12-9-13)16(18-2)19-10-7-14-3-5-15(17)6-4-14/h3-6,13H,7-12H2,1-2H3,(H,18,19). The Balaban J connectivity index is 1.78. The summed E-state index contributed by atoms with van der Waals surface area (Å²) in [7, 11) is 1.83. The minimum absolute atomic E-state index is 0.181. The van der Waals surface area contributed by atoms with Crippen LogP contribution in [0.3, 0.4) is 0 Å². The molecular formula is C16H24FN3. The topological polar surface area (TPSA) is 27.6 Å². The number of guanidine groups is 1. The van der Waals surface area contributed by atoms with Gasteiger partial charge < -0.3 is 10.2 Å². The molecule has 4 heteroatoms. The molecule has 1 heterocycles. The molecule has 0 spiro atoms. The third-order valence-corrected chi connectivity index (χ3v) is 3.91. The molecule has 0 bridgehead atoms. The normalized spacial score (nSPS) is 17.4. The van der Waals surface area contributed by atoms with Crippen LogP contribution in [0.1, 0.15) is 25.3 Å². The highest BCUT2D eigenvalue weighted by Crippen LogP contribution is 2.15. The van der Waals surface area contributed by atoms with Gasteiger partial charge in [-0.3, -0.25) is 4.99 Å². The van der Waals surface area contributed by atoms with E-state index in [0.717, 1.165) is 43.5 Å². The zero-order valence-corrected chi connectivity index (χ0v) is 12.4. The van der Waals surface area contributed by atoms with Crippen molar-refractivity contribution in [3.8, 4) is 0 Å². The number of hydrogen-bond donors (Lipinski definition) is 1. The molecule has 3 nitrogen and oxygen atoms in total. The van der Waals surface area contributed by atoms with E-state index in [1.54, 1.807) is 0 Å². The summed E-state index contributed by atoms with van der Waals surface area (Å²) in [5.41, 5.74) is 1.14. The number of rotatable bonds is 3. The minimum Gasteiger partial charge on any atom is -0.356 e. The molecule has 1 N–H and O–H groups in total. The molecule has 0 aliphatic carbocycles. The van der Waals surface area contributed by atoms with E-state index in [-0.39, 0.29) is 5.82 Å². The smallest absolute Gasteiger partial charge is 0.193 e. The van der Waals surface area contributed by atoms with Crippen LogP contribution in [0.2, 0.25) is 0 Å². The lowest BCUT2D eigenvalue weighted by atomic mass is 10.00. The molecule has 1 aliphatic heterocycles. The molecular weight excluding hydrogens is 253 g/mol. The van der Waals surface area contributed by atoms with E-state index in [2.05, 4.69) is 22.1 Å². The second-order valence-electron chi connectivity index (χ2n) is 5.52. The van der Waals surface area contributed by atoms with Crippen molar-refractivity contribution < 1.29 is 4.39 Å². The Kier molecular flexibility index (Phi) is 5.39. The van der Waals surface area contributed by atoms with Gasteiger partial charge in [-0.15, -0.1) is 0 Å². The van der Waals surface area contributed by atoms with Crippen LogP contribution < -0.4 is 5.32 Å². The first-order valence-electron chi connectivity index (χ1n) is 7.39. The van der Waals surface area contributed by atoms with Crippen LogP contribution in [0.15, 0.2) is 29.3 Å². The van der Waals surface area contributed by atoms with Crippen LogP contribution in [0.25, 0.3) is 0 Å². The average molecular weight is 277 g/mol. The summed E-state index contributed by atoms with van der Waals surface area (Å²) in [6.07, 6.45) is 3.35. The summed E-state index contributed by atoms with van der Waals surface area (Å²) in [4.78, 5) is 6.68. The lowest BCUT2D eigenvalue weighted by Gasteiger charge is -2.32. The molecule has 20 heavy (non-hydrogen) atoms. The molecule has 0 radical (unpaired) electrons. The molecule has 2 rings (SSSR count). The van der Waals surface area contributed by atoms with Gasteiger partial charge in [0.15, 0.2) is 5.96 Å². The van der Waals surface area contributed by atoms with E-state index in [1.807, 2.05) is 19.2 Å². The lowest BCUT2D eigenvalue weighted by molar-refractivity contribution is 0.273. The van der Waals surface area contributed by atoms with Crippen molar-refractivity contribution in [2.75, 3.05) is 26.7 Å². The molecule has 1 fully saturated rings. The molecule has 0 unspecified atom stereocenters. The highest BCUT2D eigenvalue weighted by atomic mass is 19.1. The van der Waals surface area contributed by atoms with Gasteiger partial charge in [0, 0.05) is 26.7 Å². The van der Waals surface area contributed by atoms with Crippen molar-refractivity contribution in [2.45, 2.75) is 26.2 Å². The van der Waals surface area contributed by atoms with Crippen LogP contribution in [0.5, 0.6) is 0 Å². The quantitative estimate of drug-likeness (QED) is 0.679.